The molecule has 1 aromatic heterocycles. The van der Waals surface area contributed by atoms with E-state index in [2.05, 4.69) is 5.32 Å². The largest absolute Gasteiger partial charge is 0.425 e. The summed E-state index contributed by atoms with van der Waals surface area (Å²) in [7, 11) is 0. The Morgan fingerprint density at radius 3 is 2.53 bits per heavy atom. The monoisotopic (exact) mass is 478 g/mol. The van der Waals surface area contributed by atoms with Gasteiger partial charge in [-0.3, -0.25) is 4.79 Å². The van der Waals surface area contributed by atoms with Crippen LogP contribution in [0.15, 0.2) is 60.0 Å². The quantitative estimate of drug-likeness (QED) is 0.399. The van der Waals surface area contributed by atoms with Crippen LogP contribution in [-0.4, -0.2) is 17.9 Å². The summed E-state index contributed by atoms with van der Waals surface area (Å²) in [5, 5.41) is 4.30. The first kappa shape index (κ1) is 23.8. The summed E-state index contributed by atoms with van der Waals surface area (Å²) in [6.45, 7) is 1.73. The Bertz CT molecular complexity index is 1130. The summed E-state index contributed by atoms with van der Waals surface area (Å²) in [5.41, 5.74) is 5.05. The van der Waals surface area contributed by atoms with E-state index in [4.69, 9.17) is 10.5 Å². The maximum absolute atomic E-state index is 14.4. The minimum absolute atomic E-state index is 0. The molecule has 1 amide bonds. The molecule has 3 aromatic rings. The molecular weight excluding hydrogens is 458 g/mol. The van der Waals surface area contributed by atoms with Gasteiger partial charge in [0, 0.05) is 4.88 Å². The molecule has 2 aromatic carbocycles. The van der Waals surface area contributed by atoms with Crippen molar-refractivity contribution in [2.75, 3.05) is 5.32 Å². The predicted molar refractivity (Wildman–Crippen MR) is 121 cm³/mol. The number of ether oxygens (including phenoxy) is 1. The summed E-state index contributed by atoms with van der Waals surface area (Å²) >= 11 is 1.33. The number of nitrogens with one attached hydrogen (secondary N) is 1. The molecule has 0 bridgehead atoms. The van der Waals surface area contributed by atoms with Crippen molar-refractivity contribution in [2.24, 2.45) is 11.7 Å². The van der Waals surface area contributed by atoms with Gasteiger partial charge in [0.25, 0.3) is 0 Å². The second-order valence-electron chi connectivity index (χ2n) is 7.56. The number of fused-ring (bicyclic) bond motifs is 1. The lowest BCUT2D eigenvalue weighted by Gasteiger charge is -2.31. The molecule has 168 valence electrons. The first-order valence-electron chi connectivity index (χ1n) is 9.71. The smallest absolute Gasteiger partial charge is 0.328 e. The van der Waals surface area contributed by atoms with Gasteiger partial charge in [-0.2, -0.15) is 0 Å². The van der Waals surface area contributed by atoms with E-state index in [1.165, 1.54) is 17.4 Å². The number of esters is 1. The minimum Gasteiger partial charge on any atom is -0.425 e. The van der Waals surface area contributed by atoms with Crippen molar-refractivity contribution in [3.8, 4) is 5.75 Å². The van der Waals surface area contributed by atoms with Gasteiger partial charge < -0.3 is 15.8 Å². The lowest BCUT2D eigenvalue weighted by molar-refractivity contribution is -0.137. The number of hydrogen-bond acceptors (Lipinski definition) is 5. The number of carbonyl (C=O) groups excluding carboxylic acids is 2. The molecule has 0 radical (unpaired) electrons. The fraction of sp³-hybridized carbons (Fsp3) is 0.217. The average molecular weight is 479 g/mol. The maximum Gasteiger partial charge on any atom is 0.328 e. The van der Waals surface area contributed by atoms with Gasteiger partial charge >= 0.3 is 5.97 Å². The fourth-order valence-electron chi connectivity index (χ4n) is 3.96. The molecule has 3 atom stereocenters. The molecule has 0 saturated heterocycles. The van der Waals surface area contributed by atoms with E-state index < -0.39 is 40.9 Å². The standard InChI is InChI=1S/C23H20F2N2O3S.ClH/c1-13(19(26)21(28)30-14-6-3-2-4-7-14)12-23(17-8-5-11-31-17)15-9-10-16(24)18(25)20(15)27-22(23)29;/h2-11,13,19H,12,26H2,1H3,(H,27,29);1H/t13?,19-,23?;/m0./s1. The molecule has 2 heterocycles. The van der Waals surface area contributed by atoms with Gasteiger partial charge in [0.05, 0.1) is 5.69 Å². The maximum atomic E-state index is 14.4. The third kappa shape index (κ3) is 4.01. The molecule has 5 nitrogen and oxygen atoms in total. The molecule has 0 saturated carbocycles. The fourth-order valence-corrected chi connectivity index (χ4v) is 4.90. The van der Waals surface area contributed by atoms with E-state index in [0.717, 1.165) is 6.07 Å². The van der Waals surface area contributed by atoms with Crippen LogP contribution in [0, 0.1) is 17.6 Å². The molecular formula is C23H21ClF2N2O3S. The Kier molecular flexibility index (Phi) is 6.97. The lowest BCUT2D eigenvalue weighted by Crippen LogP contribution is -2.45. The van der Waals surface area contributed by atoms with E-state index in [1.54, 1.807) is 54.8 Å². The van der Waals surface area contributed by atoms with E-state index in [1.807, 2.05) is 0 Å². The van der Waals surface area contributed by atoms with Crippen LogP contribution in [-0.2, 0) is 15.0 Å². The number of halogens is 3. The van der Waals surface area contributed by atoms with Crippen molar-refractivity contribution >= 4 is 41.3 Å². The van der Waals surface area contributed by atoms with Gasteiger partial charge in [-0.1, -0.05) is 37.3 Å². The summed E-state index contributed by atoms with van der Waals surface area (Å²) in [6.07, 6.45) is 0.114. The number of anilines is 1. The number of amides is 1. The Hall–Kier alpha value is -2.81. The third-order valence-electron chi connectivity index (χ3n) is 5.60. The van der Waals surface area contributed by atoms with Gasteiger partial charge in [0.2, 0.25) is 5.91 Å². The van der Waals surface area contributed by atoms with Crippen molar-refractivity contribution in [3.05, 3.63) is 82.1 Å². The van der Waals surface area contributed by atoms with Crippen LogP contribution in [0.1, 0.15) is 23.8 Å². The Morgan fingerprint density at radius 2 is 1.88 bits per heavy atom. The second-order valence-corrected chi connectivity index (χ2v) is 8.51. The molecule has 1 aliphatic heterocycles. The van der Waals surface area contributed by atoms with E-state index in [9.17, 15) is 18.4 Å². The lowest BCUT2D eigenvalue weighted by atomic mass is 9.72. The number of rotatable bonds is 6. The highest BCUT2D eigenvalue weighted by atomic mass is 35.5. The van der Waals surface area contributed by atoms with Crippen LogP contribution in [0.5, 0.6) is 5.75 Å². The molecule has 0 spiro atoms. The first-order valence-corrected chi connectivity index (χ1v) is 10.6. The number of thiophene rings is 1. The highest BCUT2D eigenvalue weighted by Crippen LogP contribution is 2.49. The van der Waals surface area contributed by atoms with Crippen LogP contribution >= 0.6 is 23.7 Å². The summed E-state index contributed by atoms with van der Waals surface area (Å²) in [6, 6.07) is 13.5. The zero-order valence-electron chi connectivity index (χ0n) is 17.0. The number of benzene rings is 2. The zero-order valence-corrected chi connectivity index (χ0v) is 18.6. The van der Waals surface area contributed by atoms with Crippen molar-refractivity contribution in [1.82, 2.24) is 0 Å². The number of nitrogens with two attached hydrogens (primary N) is 1. The molecule has 2 unspecified atom stereocenters. The number of hydrogen-bond donors (Lipinski definition) is 2. The zero-order chi connectivity index (χ0) is 22.2. The minimum atomic E-state index is -1.29. The number of carbonyl (C=O) groups is 2. The summed E-state index contributed by atoms with van der Waals surface area (Å²) in [4.78, 5) is 26.4. The highest BCUT2D eigenvalue weighted by Gasteiger charge is 2.51. The number of para-hydroxylation sites is 1. The Balaban J connectivity index is 0.00000289. The van der Waals surface area contributed by atoms with Crippen molar-refractivity contribution < 1.29 is 23.1 Å². The van der Waals surface area contributed by atoms with Gasteiger partial charge in [-0.25, -0.2) is 13.6 Å². The normalized spacial score (nSPS) is 18.8. The molecule has 0 fully saturated rings. The Labute approximate surface area is 194 Å². The average Bonchev–Trinajstić information content (AvgIpc) is 3.39. The van der Waals surface area contributed by atoms with E-state index in [-0.39, 0.29) is 24.5 Å². The van der Waals surface area contributed by atoms with Crippen LogP contribution < -0.4 is 15.8 Å². The van der Waals surface area contributed by atoms with Gasteiger partial charge in [-0.05, 0) is 47.5 Å². The third-order valence-corrected chi connectivity index (χ3v) is 6.63. The molecule has 9 heteroatoms. The van der Waals surface area contributed by atoms with Crippen LogP contribution in [0.3, 0.4) is 0 Å². The van der Waals surface area contributed by atoms with Crippen molar-refractivity contribution in [2.45, 2.75) is 24.8 Å². The topological polar surface area (TPSA) is 81.4 Å². The molecule has 3 N–H and O–H groups in total. The molecule has 0 aliphatic carbocycles. The second kappa shape index (κ2) is 9.36. The molecule has 1 aliphatic rings. The molecule has 32 heavy (non-hydrogen) atoms. The van der Waals surface area contributed by atoms with Gasteiger partial charge in [-0.15, -0.1) is 23.7 Å². The van der Waals surface area contributed by atoms with Crippen LogP contribution in [0.25, 0.3) is 0 Å². The molecule has 4 rings (SSSR count). The predicted octanol–water partition coefficient (Wildman–Crippen LogP) is 4.65. The van der Waals surface area contributed by atoms with Crippen LogP contribution in [0.4, 0.5) is 14.5 Å². The summed E-state index contributed by atoms with van der Waals surface area (Å²) < 4.78 is 33.6. The highest BCUT2D eigenvalue weighted by molar-refractivity contribution is 7.10. The van der Waals surface area contributed by atoms with Gasteiger partial charge in [0.15, 0.2) is 11.6 Å². The van der Waals surface area contributed by atoms with E-state index >= 15 is 0 Å². The van der Waals surface area contributed by atoms with Crippen molar-refractivity contribution in [1.29, 1.82) is 0 Å². The van der Waals surface area contributed by atoms with Crippen molar-refractivity contribution in [3.63, 3.8) is 0 Å². The summed E-state index contributed by atoms with van der Waals surface area (Å²) in [5.74, 6) is -3.41. The van der Waals surface area contributed by atoms with Crippen LogP contribution in [0.2, 0.25) is 0 Å². The van der Waals surface area contributed by atoms with Gasteiger partial charge in [0.1, 0.15) is 17.2 Å². The SMILES string of the molecule is CC(CC1(c2cccs2)C(=O)Nc2c1ccc(F)c2F)[C@H](N)C(=O)Oc1ccccc1.Cl. The Morgan fingerprint density at radius 1 is 1.16 bits per heavy atom. The first-order chi connectivity index (χ1) is 14.8. The van der Waals surface area contributed by atoms with E-state index in [0.29, 0.717) is 16.2 Å².